The molecule has 3 aromatic rings. The maximum atomic E-state index is 13.6. The normalized spacial score (nSPS) is 33.0. The first-order chi connectivity index (χ1) is 20.3. The zero-order valence-electron chi connectivity index (χ0n) is 22.3. The predicted molar refractivity (Wildman–Crippen MR) is 140 cm³/mol. The molecule has 5 rings (SSSR count). The smallest absolute Gasteiger partial charge is 0.239 e. The van der Waals surface area contributed by atoms with Crippen LogP contribution in [0, 0.1) is 0 Å². The van der Waals surface area contributed by atoms with Gasteiger partial charge in [0.15, 0.2) is 23.5 Å². The number of aliphatic hydroxyl groups excluding tert-OH is 6. The van der Waals surface area contributed by atoms with Crippen molar-refractivity contribution in [2.45, 2.75) is 68.3 Å². The molecular formula is C27H30O16. The third kappa shape index (κ3) is 5.67. The van der Waals surface area contributed by atoms with E-state index in [0.717, 1.165) is 24.3 Å². The van der Waals surface area contributed by atoms with E-state index in [1.807, 2.05) is 0 Å². The number of phenolic OH excluding ortho intramolecular Hbond substituents is 4. The third-order valence-corrected chi connectivity index (χ3v) is 7.29. The van der Waals surface area contributed by atoms with Gasteiger partial charge in [0.1, 0.15) is 65.2 Å². The average Bonchev–Trinajstić information content (AvgIpc) is 2.96. The molecule has 16 heteroatoms. The zero-order valence-corrected chi connectivity index (χ0v) is 22.3. The summed E-state index contributed by atoms with van der Waals surface area (Å²) >= 11 is 0. The molecule has 3 heterocycles. The Morgan fingerprint density at radius 2 is 1.42 bits per heavy atom. The second kappa shape index (κ2) is 11.8. The topological polar surface area (TPSA) is 269 Å². The molecule has 2 fully saturated rings. The van der Waals surface area contributed by atoms with E-state index >= 15 is 0 Å². The van der Waals surface area contributed by atoms with Crippen LogP contribution in [0.5, 0.6) is 28.7 Å². The lowest BCUT2D eigenvalue weighted by molar-refractivity contribution is -0.318. The molecule has 0 unspecified atom stereocenters. The monoisotopic (exact) mass is 610 g/mol. The number of benzene rings is 2. The summed E-state index contributed by atoms with van der Waals surface area (Å²) in [5.41, 5.74) is -1.35. The van der Waals surface area contributed by atoms with Gasteiger partial charge in [-0.05, 0) is 25.1 Å². The molecule has 0 bridgehead atoms. The lowest BCUT2D eigenvalue weighted by Gasteiger charge is -2.42. The van der Waals surface area contributed by atoms with E-state index in [9.17, 15) is 55.9 Å². The number of aliphatic hydroxyl groups is 6. The quantitative estimate of drug-likeness (QED) is 0.140. The Morgan fingerprint density at radius 1 is 0.744 bits per heavy atom. The maximum Gasteiger partial charge on any atom is 0.239 e. The van der Waals surface area contributed by atoms with Crippen LogP contribution >= 0.6 is 0 Å². The fourth-order valence-electron chi connectivity index (χ4n) is 4.84. The highest BCUT2D eigenvalue weighted by Gasteiger charge is 2.47. The van der Waals surface area contributed by atoms with Gasteiger partial charge in [-0.3, -0.25) is 4.79 Å². The van der Waals surface area contributed by atoms with Crippen molar-refractivity contribution in [3.63, 3.8) is 0 Å². The van der Waals surface area contributed by atoms with Gasteiger partial charge < -0.3 is 74.4 Å². The van der Waals surface area contributed by atoms with Crippen LogP contribution in [0.1, 0.15) is 6.92 Å². The molecule has 0 spiro atoms. The Balaban J connectivity index is 1.48. The van der Waals surface area contributed by atoms with E-state index in [0.29, 0.717) is 0 Å². The SMILES string of the molecule is C[C@H]1O[C@H](OC[C@H]2O[C@H](Oc3c(-c4ccc(O)c(O)c4)oc4cc(O)cc(O)c4c3=O)[C@H](O)[C@H](O)[C@H]2O)[C@@H](O)[C@@H](O)[C@@H]1O. The van der Waals surface area contributed by atoms with Crippen molar-refractivity contribution >= 4 is 11.0 Å². The van der Waals surface area contributed by atoms with E-state index in [2.05, 4.69) is 0 Å². The second-order valence-corrected chi connectivity index (χ2v) is 10.3. The van der Waals surface area contributed by atoms with Crippen molar-refractivity contribution in [1.29, 1.82) is 0 Å². The first kappa shape index (κ1) is 30.7. The van der Waals surface area contributed by atoms with Crippen LogP contribution in [0.25, 0.3) is 22.3 Å². The van der Waals surface area contributed by atoms with Gasteiger partial charge in [0, 0.05) is 17.7 Å². The summed E-state index contributed by atoms with van der Waals surface area (Å²) in [5, 5.41) is 101. The zero-order chi connectivity index (χ0) is 31.3. The summed E-state index contributed by atoms with van der Waals surface area (Å²) < 4.78 is 27.8. The van der Waals surface area contributed by atoms with Gasteiger partial charge in [0.2, 0.25) is 17.5 Å². The minimum absolute atomic E-state index is 0.0313. The van der Waals surface area contributed by atoms with E-state index in [1.165, 1.54) is 13.0 Å². The highest BCUT2D eigenvalue weighted by atomic mass is 16.7. The van der Waals surface area contributed by atoms with Gasteiger partial charge in [-0.1, -0.05) is 0 Å². The summed E-state index contributed by atoms with van der Waals surface area (Å²) in [4.78, 5) is 13.6. The summed E-state index contributed by atoms with van der Waals surface area (Å²) in [6.07, 6.45) is -16.2. The fraction of sp³-hybridized carbons (Fsp3) is 0.444. The molecule has 2 aromatic carbocycles. The van der Waals surface area contributed by atoms with Crippen LogP contribution in [0.15, 0.2) is 39.5 Å². The number of aromatic hydroxyl groups is 4. The van der Waals surface area contributed by atoms with Crippen molar-refractivity contribution in [2.75, 3.05) is 6.61 Å². The molecule has 10 N–H and O–H groups in total. The standard InChI is InChI=1S/C27H30O16/c1-8-17(32)20(35)22(37)26(40-8)39-7-15-18(33)21(36)23(38)27(42-15)43-25-19(34)16-13(31)5-10(28)6-14(16)41-24(25)9-2-3-11(29)12(30)4-9/h2-6,8,15,17-18,20-23,26-33,35-38H,7H2,1H3/t8-,15-,17-,18+,20+,21-,22+,23-,26+,27-/m1/s1. The fourth-order valence-corrected chi connectivity index (χ4v) is 4.84. The molecule has 0 radical (unpaired) electrons. The number of fused-ring (bicyclic) bond motifs is 1. The minimum Gasteiger partial charge on any atom is -0.508 e. The molecule has 10 atom stereocenters. The molecule has 16 nitrogen and oxygen atoms in total. The molecule has 2 saturated heterocycles. The van der Waals surface area contributed by atoms with Gasteiger partial charge in [0.05, 0.1) is 12.7 Å². The van der Waals surface area contributed by atoms with Crippen LogP contribution in [0.4, 0.5) is 0 Å². The van der Waals surface area contributed by atoms with Crippen LogP contribution in [0.3, 0.4) is 0 Å². The second-order valence-electron chi connectivity index (χ2n) is 10.3. The largest absolute Gasteiger partial charge is 0.508 e. The molecule has 234 valence electrons. The van der Waals surface area contributed by atoms with Crippen LogP contribution in [-0.4, -0.2) is 119 Å². The summed E-state index contributed by atoms with van der Waals surface area (Å²) in [6.45, 7) is 0.818. The Morgan fingerprint density at radius 3 is 2.12 bits per heavy atom. The van der Waals surface area contributed by atoms with Crippen molar-refractivity contribution < 1.29 is 74.4 Å². The van der Waals surface area contributed by atoms with Crippen LogP contribution in [-0.2, 0) is 14.2 Å². The van der Waals surface area contributed by atoms with Crippen LogP contribution in [0.2, 0.25) is 0 Å². The van der Waals surface area contributed by atoms with E-state index in [1.54, 1.807) is 0 Å². The number of rotatable bonds is 6. The number of hydrogen-bond acceptors (Lipinski definition) is 16. The molecule has 0 amide bonds. The minimum atomic E-state index is -1.97. The highest BCUT2D eigenvalue weighted by Crippen LogP contribution is 2.39. The first-order valence-electron chi connectivity index (χ1n) is 13.0. The Bertz CT molecular complexity index is 1540. The van der Waals surface area contributed by atoms with Gasteiger partial charge in [-0.15, -0.1) is 0 Å². The molecule has 0 aliphatic carbocycles. The summed E-state index contributed by atoms with van der Waals surface area (Å²) in [7, 11) is 0. The third-order valence-electron chi connectivity index (χ3n) is 7.29. The van der Waals surface area contributed by atoms with Crippen molar-refractivity contribution in [3.05, 3.63) is 40.6 Å². The van der Waals surface area contributed by atoms with Gasteiger partial charge in [-0.25, -0.2) is 0 Å². The van der Waals surface area contributed by atoms with Crippen molar-refractivity contribution in [1.82, 2.24) is 0 Å². The Kier molecular flexibility index (Phi) is 8.41. The van der Waals surface area contributed by atoms with E-state index in [-0.39, 0.29) is 11.1 Å². The molecule has 2 aliphatic rings. The number of phenols is 4. The highest BCUT2D eigenvalue weighted by molar-refractivity contribution is 5.88. The Labute approximate surface area is 241 Å². The molecule has 43 heavy (non-hydrogen) atoms. The average molecular weight is 611 g/mol. The predicted octanol–water partition coefficient (Wildman–Crippen LogP) is -1.69. The maximum absolute atomic E-state index is 13.6. The molecule has 2 aliphatic heterocycles. The molecular weight excluding hydrogens is 580 g/mol. The van der Waals surface area contributed by atoms with Crippen LogP contribution < -0.4 is 10.2 Å². The van der Waals surface area contributed by atoms with E-state index < -0.39 is 113 Å². The van der Waals surface area contributed by atoms with Crippen molar-refractivity contribution in [2.24, 2.45) is 0 Å². The van der Waals surface area contributed by atoms with Gasteiger partial charge >= 0.3 is 0 Å². The van der Waals surface area contributed by atoms with Crippen molar-refractivity contribution in [3.8, 4) is 40.1 Å². The lowest BCUT2D eigenvalue weighted by atomic mass is 9.98. The summed E-state index contributed by atoms with van der Waals surface area (Å²) in [6, 6.07) is 5.24. The first-order valence-corrected chi connectivity index (χ1v) is 13.0. The summed E-state index contributed by atoms with van der Waals surface area (Å²) in [5.74, 6) is -3.33. The lowest BCUT2D eigenvalue weighted by Crippen LogP contribution is -2.61. The molecule has 1 aromatic heterocycles. The van der Waals surface area contributed by atoms with Gasteiger partial charge in [0.25, 0.3) is 0 Å². The number of hydrogen-bond donors (Lipinski definition) is 10. The number of ether oxygens (including phenoxy) is 4. The molecule has 0 saturated carbocycles. The Hall–Kier alpha value is -3.71. The van der Waals surface area contributed by atoms with Gasteiger partial charge in [-0.2, -0.15) is 0 Å². The van der Waals surface area contributed by atoms with E-state index in [4.69, 9.17) is 23.4 Å².